The molecule has 2 aromatic rings. The molecule has 0 atom stereocenters. The Balaban J connectivity index is 2.76. The molecule has 1 N–H and O–H groups in total. The molecule has 0 saturated carbocycles. The van der Waals surface area contributed by atoms with E-state index in [4.69, 9.17) is 0 Å². The average molecular weight is 303 g/mol. The van der Waals surface area contributed by atoms with Crippen molar-refractivity contribution in [1.82, 2.24) is 0 Å². The summed E-state index contributed by atoms with van der Waals surface area (Å²) in [6.45, 7) is 0. The van der Waals surface area contributed by atoms with Gasteiger partial charge in [-0.15, -0.1) is 0 Å². The van der Waals surface area contributed by atoms with Gasteiger partial charge in [0.25, 0.3) is 0 Å². The van der Waals surface area contributed by atoms with E-state index in [9.17, 15) is 18.3 Å². The van der Waals surface area contributed by atoms with Crippen LogP contribution in [-0.4, -0.2) is 5.11 Å². The first kappa shape index (κ1) is 12.0. The van der Waals surface area contributed by atoms with Crippen molar-refractivity contribution in [1.29, 1.82) is 0 Å². The van der Waals surface area contributed by atoms with Crippen molar-refractivity contribution < 1.29 is 18.3 Å². The topological polar surface area (TPSA) is 20.2 Å². The van der Waals surface area contributed by atoms with Gasteiger partial charge in [-0.05, 0) is 46.3 Å². The Morgan fingerprint density at radius 3 is 2.41 bits per heavy atom. The Bertz CT molecular complexity index is 584. The van der Waals surface area contributed by atoms with Crippen molar-refractivity contribution in [2.75, 3.05) is 0 Å². The molecule has 17 heavy (non-hydrogen) atoms. The lowest BCUT2D eigenvalue weighted by Gasteiger charge is -2.08. The zero-order valence-corrected chi connectivity index (χ0v) is 9.93. The van der Waals surface area contributed by atoms with Gasteiger partial charge in [-0.3, -0.25) is 0 Å². The highest BCUT2D eigenvalue weighted by Gasteiger charge is 2.17. The van der Waals surface area contributed by atoms with Gasteiger partial charge in [-0.1, -0.05) is 0 Å². The van der Waals surface area contributed by atoms with Crippen LogP contribution in [0.25, 0.3) is 11.1 Å². The molecule has 0 saturated heterocycles. The third kappa shape index (κ3) is 2.15. The second-order valence-electron chi connectivity index (χ2n) is 3.38. The fourth-order valence-corrected chi connectivity index (χ4v) is 1.81. The maximum Gasteiger partial charge on any atom is 0.148 e. The Labute approximate surface area is 104 Å². The highest BCUT2D eigenvalue weighted by Crippen LogP contribution is 2.36. The monoisotopic (exact) mass is 302 g/mol. The van der Waals surface area contributed by atoms with Crippen LogP contribution in [0.5, 0.6) is 5.75 Å². The molecule has 88 valence electrons. The van der Waals surface area contributed by atoms with Gasteiger partial charge in [0.05, 0.1) is 10.0 Å². The Morgan fingerprint density at radius 2 is 1.71 bits per heavy atom. The van der Waals surface area contributed by atoms with Crippen LogP contribution in [0.4, 0.5) is 13.2 Å². The van der Waals surface area contributed by atoms with Gasteiger partial charge in [0.2, 0.25) is 0 Å². The van der Waals surface area contributed by atoms with Crippen molar-refractivity contribution in [2.24, 2.45) is 0 Å². The van der Waals surface area contributed by atoms with Crippen LogP contribution in [0.2, 0.25) is 0 Å². The van der Waals surface area contributed by atoms with Gasteiger partial charge in [0, 0.05) is 5.56 Å². The number of halogens is 4. The standard InChI is InChI=1S/C12H6BrF3O/c13-8-2-3-9(15)11(12(8)16)7-5-6(14)1-4-10(7)17/h1-5,17H. The molecular weight excluding hydrogens is 297 g/mol. The Morgan fingerprint density at radius 1 is 1.00 bits per heavy atom. The second-order valence-corrected chi connectivity index (χ2v) is 4.23. The zero-order valence-electron chi connectivity index (χ0n) is 8.35. The van der Waals surface area contributed by atoms with Crippen molar-refractivity contribution in [3.63, 3.8) is 0 Å². The third-order valence-corrected chi connectivity index (χ3v) is 2.88. The molecule has 1 nitrogen and oxygen atoms in total. The maximum atomic E-state index is 13.7. The molecule has 0 fully saturated rings. The van der Waals surface area contributed by atoms with Crippen LogP contribution < -0.4 is 0 Å². The van der Waals surface area contributed by atoms with Crippen molar-refractivity contribution >= 4 is 15.9 Å². The molecule has 0 aliphatic carbocycles. The predicted molar refractivity (Wildman–Crippen MR) is 61.1 cm³/mol. The maximum absolute atomic E-state index is 13.7. The molecule has 0 bridgehead atoms. The van der Waals surface area contributed by atoms with Gasteiger partial charge in [-0.25, -0.2) is 13.2 Å². The summed E-state index contributed by atoms with van der Waals surface area (Å²) in [6.07, 6.45) is 0. The summed E-state index contributed by atoms with van der Waals surface area (Å²) in [6, 6.07) is 5.16. The highest BCUT2D eigenvalue weighted by molar-refractivity contribution is 9.10. The first-order valence-electron chi connectivity index (χ1n) is 4.63. The SMILES string of the molecule is Oc1ccc(F)cc1-c1c(F)ccc(Br)c1F. The molecule has 0 aliphatic heterocycles. The summed E-state index contributed by atoms with van der Waals surface area (Å²) in [7, 11) is 0. The van der Waals surface area contributed by atoms with Crippen LogP contribution in [0.1, 0.15) is 0 Å². The molecule has 0 unspecified atom stereocenters. The van der Waals surface area contributed by atoms with Crippen LogP contribution in [0.3, 0.4) is 0 Å². The fourth-order valence-electron chi connectivity index (χ4n) is 1.48. The van der Waals surface area contributed by atoms with Gasteiger partial charge in [0.15, 0.2) is 0 Å². The van der Waals surface area contributed by atoms with Crippen molar-refractivity contribution in [3.8, 4) is 16.9 Å². The van der Waals surface area contributed by atoms with E-state index in [1.165, 1.54) is 6.07 Å². The molecule has 2 aromatic carbocycles. The number of aromatic hydroxyl groups is 1. The number of phenols is 1. The summed E-state index contributed by atoms with van der Waals surface area (Å²) in [5, 5.41) is 9.51. The lowest BCUT2D eigenvalue weighted by Crippen LogP contribution is -1.92. The first-order chi connectivity index (χ1) is 8.00. The third-order valence-electron chi connectivity index (χ3n) is 2.27. The quantitative estimate of drug-likeness (QED) is 0.781. The molecule has 0 aliphatic rings. The van der Waals surface area contributed by atoms with Gasteiger partial charge in [0.1, 0.15) is 23.2 Å². The Kier molecular flexibility index (Phi) is 3.11. The number of hydrogen-bond acceptors (Lipinski definition) is 1. The molecule has 0 heterocycles. The van der Waals surface area contributed by atoms with Crippen molar-refractivity contribution in [2.45, 2.75) is 0 Å². The molecule has 0 amide bonds. The van der Waals surface area contributed by atoms with E-state index in [1.807, 2.05) is 0 Å². The summed E-state index contributed by atoms with van der Waals surface area (Å²) in [5.74, 6) is -2.82. The molecule has 0 aromatic heterocycles. The largest absolute Gasteiger partial charge is 0.507 e. The summed E-state index contributed by atoms with van der Waals surface area (Å²) >= 11 is 2.90. The fraction of sp³-hybridized carbons (Fsp3) is 0. The molecule has 0 radical (unpaired) electrons. The second kappa shape index (κ2) is 4.41. The van der Waals surface area contributed by atoms with Crippen LogP contribution in [0, 0.1) is 17.5 Å². The summed E-state index contributed by atoms with van der Waals surface area (Å²) in [4.78, 5) is 0. The first-order valence-corrected chi connectivity index (χ1v) is 5.42. The minimum absolute atomic E-state index is 0.0394. The smallest absolute Gasteiger partial charge is 0.148 e. The van der Waals surface area contributed by atoms with E-state index < -0.39 is 23.0 Å². The lowest BCUT2D eigenvalue weighted by atomic mass is 10.0. The highest BCUT2D eigenvalue weighted by atomic mass is 79.9. The van der Waals surface area contributed by atoms with E-state index in [2.05, 4.69) is 15.9 Å². The van der Waals surface area contributed by atoms with Crippen molar-refractivity contribution in [3.05, 3.63) is 52.3 Å². The van der Waals surface area contributed by atoms with Crippen LogP contribution >= 0.6 is 15.9 Å². The Hall–Kier alpha value is -1.49. The van der Waals surface area contributed by atoms with Crippen LogP contribution in [0.15, 0.2) is 34.8 Å². The van der Waals surface area contributed by atoms with E-state index in [1.54, 1.807) is 0 Å². The predicted octanol–water partition coefficient (Wildman–Crippen LogP) is 4.24. The lowest BCUT2D eigenvalue weighted by molar-refractivity contribution is 0.473. The van der Waals surface area contributed by atoms with Gasteiger partial charge >= 0.3 is 0 Å². The van der Waals surface area contributed by atoms with E-state index in [0.29, 0.717) is 0 Å². The molecule has 2 rings (SSSR count). The van der Waals surface area contributed by atoms with E-state index in [0.717, 1.165) is 24.3 Å². The molecule has 0 spiro atoms. The number of rotatable bonds is 1. The minimum Gasteiger partial charge on any atom is -0.507 e. The van der Waals surface area contributed by atoms with Gasteiger partial charge in [-0.2, -0.15) is 0 Å². The number of benzene rings is 2. The summed E-state index contributed by atoms with van der Waals surface area (Å²) < 4.78 is 40.3. The number of phenolic OH excluding ortho intramolecular Hbond substituents is 1. The molecular formula is C12H6BrF3O. The molecule has 5 heteroatoms. The zero-order chi connectivity index (χ0) is 12.6. The average Bonchev–Trinajstić information content (AvgIpc) is 2.29. The van der Waals surface area contributed by atoms with E-state index in [-0.39, 0.29) is 15.8 Å². The minimum atomic E-state index is -0.883. The normalized spacial score (nSPS) is 10.6. The van der Waals surface area contributed by atoms with Crippen LogP contribution in [-0.2, 0) is 0 Å². The van der Waals surface area contributed by atoms with Gasteiger partial charge < -0.3 is 5.11 Å². The number of hydrogen-bond donors (Lipinski definition) is 1. The summed E-state index contributed by atoms with van der Waals surface area (Å²) in [5.41, 5.74) is -0.683. The van der Waals surface area contributed by atoms with E-state index >= 15 is 0 Å².